The molecule has 0 aromatic heterocycles. The molecule has 0 aliphatic carbocycles. The van der Waals surface area contributed by atoms with Gasteiger partial charge in [0.1, 0.15) is 11.5 Å². The number of nitrogens with two attached hydrogens (primary N) is 3. The summed E-state index contributed by atoms with van der Waals surface area (Å²) in [4.78, 5) is 2.19. The fourth-order valence-electron chi connectivity index (χ4n) is 2.21. The molecular formula is C15H33N5O4S. The molecule has 0 aromatic rings. The van der Waals surface area contributed by atoms with E-state index < -0.39 is 11.2 Å². The summed E-state index contributed by atoms with van der Waals surface area (Å²) in [5.74, 6) is 7.32. The third-order valence-electron chi connectivity index (χ3n) is 3.51. The van der Waals surface area contributed by atoms with Crippen molar-refractivity contribution in [2.24, 2.45) is 17.3 Å². The van der Waals surface area contributed by atoms with Crippen LogP contribution in [0.4, 0.5) is 0 Å². The molecule has 1 fully saturated rings. The highest BCUT2D eigenvalue weighted by molar-refractivity contribution is 7.91. The summed E-state index contributed by atoms with van der Waals surface area (Å²) in [7, 11) is 0. The highest BCUT2D eigenvalue weighted by atomic mass is 32.2. The molecule has 0 saturated carbocycles. The molecule has 1 aliphatic rings. The molecule has 1 heterocycles. The third kappa shape index (κ3) is 12.4. The lowest BCUT2D eigenvalue weighted by Crippen LogP contribution is -2.42. The standard InChI is InChI=1S/C15H33N5O4S/c16-1-5-22-7-9-24-10-8-23-6-2-20(18)14-15(17)13-19-3-11-25(21)12-4-19/h14H,1-13,16-18H2/b15-14-. The van der Waals surface area contributed by atoms with E-state index in [0.717, 1.165) is 13.1 Å². The van der Waals surface area contributed by atoms with Crippen LogP contribution < -0.4 is 17.3 Å². The first-order valence-corrected chi connectivity index (χ1v) is 10.1. The van der Waals surface area contributed by atoms with Crippen molar-refractivity contribution in [2.45, 2.75) is 0 Å². The average molecular weight is 380 g/mol. The van der Waals surface area contributed by atoms with Crippen LogP contribution in [-0.2, 0) is 25.4 Å². The highest BCUT2D eigenvalue weighted by Gasteiger charge is 2.19. The highest BCUT2D eigenvalue weighted by Crippen LogP contribution is 2.04. The summed E-state index contributed by atoms with van der Waals surface area (Å²) in [6, 6.07) is 0. The van der Waals surface area contributed by atoms with Gasteiger partial charge in [0.2, 0.25) is 0 Å². The zero-order valence-electron chi connectivity index (χ0n) is 14.9. The van der Waals surface area contributed by atoms with Crippen LogP contribution in [0.25, 0.3) is 0 Å². The minimum absolute atomic E-state index is 0.496. The number of nitrogens with zero attached hydrogens (tertiary/aromatic N) is 2. The molecule has 1 saturated heterocycles. The second-order valence-corrected chi connectivity index (χ2v) is 7.39. The summed E-state index contributed by atoms with van der Waals surface area (Å²) in [5.41, 5.74) is 12.0. The summed E-state index contributed by atoms with van der Waals surface area (Å²) >= 11 is -0.673. The Balaban J connectivity index is 1.97. The summed E-state index contributed by atoms with van der Waals surface area (Å²) in [6.07, 6.45) is 1.72. The Labute approximate surface area is 153 Å². The first-order chi connectivity index (χ1) is 12.1. The van der Waals surface area contributed by atoms with Gasteiger partial charge in [-0.2, -0.15) is 0 Å². The molecule has 0 aromatic carbocycles. The Kier molecular flexibility index (Phi) is 13.1. The van der Waals surface area contributed by atoms with E-state index in [0.29, 0.717) is 76.5 Å². The van der Waals surface area contributed by atoms with E-state index in [-0.39, 0.29) is 0 Å². The number of ether oxygens (including phenoxy) is 3. The van der Waals surface area contributed by atoms with Crippen molar-refractivity contribution < 1.29 is 18.8 Å². The van der Waals surface area contributed by atoms with Gasteiger partial charge in [-0.15, -0.1) is 0 Å². The maximum Gasteiger partial charge on any atom is 0.118 e. The van der Waals surface area contributed by atoms with Crippen molar-refractivity contribution in [3.8, 4) is 0 Å². The Morgan fingerprint density at radius 1 is 1.04 bits per heavy atom. The van der Waals surface area contributed by atoms with Crippen LogP contribution in [-0.4, -0.2) is 98.3 Å². The molecule has 6 N–H and O–H groups in total. The molecule has 0 amide bonds. The van der Waals surface area contributed by atoms with Crippen molar-refractivity contribution in [3.05, 3.63) is 11.9 Å². The van der Waals surface area contributed by atoms with Crippen LogP contribution in [0, 0.1) is 0 Å². The van der Waals surface area contributed by atoms with Gasteiger partial charge >= 0.3 is 0 Å². The van der Waals surface area contributed by atoms with E-state index in [1.165, 1.54) is 5.01 Å². The Hall–Kier alpha value is -0.590. The Morgan fingerprint density at radius 2 is 1.60 bits per heavy atom. The van der Waals surface area contributed by atoms with Gasteiger partial charge in [0.25, 0.3) is 0 Å². The quantitative estimate of drug-likeness (QED) is 0.136. The molecule has 1 aliphatic heterocycles. The van der Waals surface area contributed by atoms with Crippen molar-refractivity contribution in [3.63, 3.8) is 0 Å². The van der Waals surface area contributed by atoms with E-state index in [1.54, 1.807) is 6.20 Å². The third-order valence-corrected chi connectivity index (χ3v) is 4.78. The summed E-state index contributed by atoms with van der Waals surface area (Å²) < 4.78 is 27.3. The number of hydrogen-bond acceptors (Lipinski definition) is 9. The maximum atomic E-state index is 11.3. The number of hydrogen-bond donors (Lipinski definition) is 3. The average Bonchev–Trinajstić information content (AvgIpc) is 2.58. The molecule has 0 spiro atoms. The molecule has 1 rings (SSSR count). The topological polar surface area (TPSA) is 135 Å². The van der Waals surface area contributed by atoms with Crippen LogP contribution in [0.15, 0.2) is 11.9 Å². The van der Waals surface area contributed by atoms with Gasteiger partial charge in [-0.3, -0.25) is 4.90 Å². The van der Waals surface area contributed by atoms with Crippen LogP contribution in [0.2, 0.25) is 0 Å². The fourth-order valence-corrected chi connectivity index (χ4v) is 3.33. The van der Waals surface area contributed by atoms with Gasteiger partial charge in [-0.05, 0) is 0 Å². The number of rotatable bonds is 14. The lowest BCUT2D eigenvalue weighted by atomic mass is 10.4. The summed E-state index contributed by atoms with van der Waals surface area (Å²) in [6.45, 7) is 6.50. The van der Waals surface area contributed by atoms with Gasteiger partial charge in [0.05, 0.1) is 46.2 Å². The normalized spacial score (nSPS) is 17.2. The first-order valence-electron chi connectivity index (χ1n) is 8.60. The SMILES string of the molecule is NCCOCCOCCOCCN(N)/C=C(\N)CN1CC[S+]([O-])CC1. The monoisotopic (exact) mass is 379 g/mol. The molecule has 148 valence electrons. The fraction of sp³-hybridized carbons (Fsp3) is 0.867. The molecule has 9 nitrogen and oxygen atoms in total. The second kappa shape index (κ2) is 14.6. The minimum atomic E-state index is -0.673. The van der Waals surface area contributed by atoms with Crippen LogP contribution in [0.3, 0.4) is 0 Å². The minimum Gasteiger partial charge on any atom is -0.616 e. The maximum absolute atomic E-state index is 11.3. The first kappa shape index (κ1) is 22.5. The van der Waals surface area contributed by atoms with Crippen molar-refractivity contribution in [1.29, 1.82) is 0 Å². The van der Waals surface area contributed by atoms with Crippen LogP contribution >= 0.6 is 0 Å². The van der Waals surface area contributed by atoms with Gasteiger partial charge in [0.15, 0.2) is 0 Å². The van der Waals surface area contributed by atoms with Gasteiger partial charge in [-0.25, -0.2) is 5.84 Å². The van der Waals surface area contributed by atoms with E-state index in [4.69, 9.17) is 31.5 Å². The largest absolute Gasteiger partial charge is 0.616 e. The van der Waals surface area contributed by atoms with Gasteiger partial charge < -0.3 is 35.2 Å². The van der Waals surface area contributed by atoms with E-state index in [1.807, 2.05) is 0 Å². The lowest BCUT2D eigenvalue weighted by Gasteiger charge is -2.28. The predicted molar refractivity (Wildman–Crippen MR) is 99.0 cm³/mol. The van der Waals surface area contributed by atoms with Crippen LogP contribution in [0.1, 0.15) is 0 Å². The molecule has 0 atom stereocenters. The summed E-state index contributed by atoms with van der Waals surface area (Å²) in [5, 5.41) is 1.53. The molecule has 0 unspecified atom stereocenters. The van der Waals surface area contributed by atoms with Gasteiger partial charge in [0, 0.05) is 38.1 Å². The van der Waals surface area contributed by atoms with Crippen LogP contribution in [0.5, 0.6) is 0 Å². The molecular weight excluding hydrogens is 346 g/mol. The molecule has 10 heteroatoms. The van der Waals surface area contributed by atoms with Crippen molar-refractivity contribution >= 4 is 11.2 Å². The molecule has 0 bridgehead atoms. The molecule has 25 heavy (non-hydrogen) atoms. The van der Waals surface area contributed by atoms with E-state index >= 15 is 0 Å². The van der Waals surface area contributed by atoms with Crippen molar-refractivity contribution in [1.82, 2.24) is 9.91 Å². The van der Waals surface area contributed by atoms with Gasteiger partial charge in [-0.1, -0.05) is 11.2 Å². The smallest absolute Gasteiger partial charge is 0.118 e. The Bertz CT molecular complexity index is 357. The van der Waals surface area contributed by atoms with E-state index in [9.17, 15) is 4.55 Å². The predicted octanol–water partition coefficient (Wildman–Crippen LogP) is -1.96. The lowest BCUT2D eigenvalue weighted by molar-refractivity contribution is 0.0135. The van der Waals surface area contributed by atoms with Crippen molar-refractivity contribution in [2.75, 3.05) is 83.9 Å². The Morgan fingerprint density at radius 3 is 2.20 bits per heavy atom. The second-order valence-electron chi connectivity index (χ2n) is 5.69. The number of hydrazine groups is 1. The zero-order valence-corrected chi connectivity index (χ0v) is 15.8. The zero-order chi connectivity index (χ0) is 18.3. The van der Waals surface area contributed by atoms with E-state index in [2.05, 4.69) is 4.90 Å². The molecule has 0 radical (unpaired) electrons.